The molecule has 1 rings (SSSR count). The fourth-order valence-electron chi connectivity index (χ4n) is 1.70. The third kappa shape index (κ3) is 4.56. The summed E-state index contributed by atoms with van der Waals surface area (Å²) in [5.41, 5.74) is 0.547. The van der Waals surface area contributed by atoms with Crippen molar-refractivity contribution in [2.24, 2.45) is 0 Å². The number of likely N-dealkylation sites (N-methyl/N-ethyl adjacent to an activating group) is 1. The summed E-state index contributed by atoms with van der Waals surface area (Å²) in [5, 5.41) is 3.71. The zero-order valence-corrected chi connectivity index (χ0v) is 12.1. The van der Waals surface area contributed by atoms with Crippen molar-refractivity contribution in [3.8, 4) is 0 Å². The molecule has 0 aliphatic rings. The standard InChI is InChI=1S/C14H22ClFN2/c1-4-11(2)18(3)9-8-17-10-12-13(15)6-5-7-14(12)16/h5-7,11,17H,4,8-10H2,1-3H3. The fourth-order valence-corrected chi connectivity index (χ4v) is 1.93. The SMILES string of the molecule is CCC(C)N(C)CCNCc1c(F)cccc1Cl. The summed E-state index contributed by atoms with van der Waals surface area (Å²) in [6, 6.07) is 5.35. The molecule has 1 aromatic carbocycles. The average Bonchev–Trinajstić information content (AvgIpc) is 2.36. The van der Waals surface area contributed by atoms with Crippen LogP contribution >= 0.6 is 11.6 Å². The molecule has 0 bridgehead atoms. The molecule has 0 saturated heterocycles. The lowest BCUT2D eigenvalue weighted by molar-refractivity contribution is 0.251. The molecule has 0 radical (unpaired) electrons. The second-order valence-corrected chi connectivity index (χ2v) is 5.02. The van der Waals surface area contributed by atoms with Crippen LogP contribution in [0.4, 0.5) is 4.39 Å². The minimum atomic E-state index is -0.245. The molecule has 0 heterocycles. The van der Waals surface area contributed by atoms with E-state index < -0.39 is 0 Å². The molecular weight excluding hydrogens is 251 g/mol. The zero-order valence-electron chi connectivity index (χ0n) is 11.3. The first-order valence-corrected chi connectivity index (χ1v) is 6.77. The molecule has 0 aliphatic carbocycles. The minimum Gasteiger partial charge on any atom is -0.311 e. The van der Waals surface area contributed by atoms with E-state index in [0.717, 1.165) is 19.5 Å². The van der Waals surface area contributed by atoms with Gasteiger partial charge in [0.2, 0.25) is 0 Å². The lowest BCUT2D eigenvalue weighted by Gasteiger charge is -2.23. The first-order valence-electron chi connectivity index (χ1n) is 6.40. The number of nitrogens with zero attached hydrogens (tertiary/aromatic N) is 1. The monoisotopic (exact) mass is 272 g/mol. The highest BCUT2D eigenvalue weighted by Crippen LogP contribution is 2.18. The molecule has 0 saturated carbocycles. The fraction of sp³-hybridized carbons (Fsp3) is 0.571. The van der Waals surface area contributed by atoms with Gasteiger partial charge < -0.3 is 10.2 Å². The molecule has 0 spiro atoms. The normalized spacial score (nSPS) is 13.0. The first-order chi connectivity index (χ1) is 8.56. The summed E-state index contributed by atoms with van der Waals surface area (Å²) < 4.78 is 13.5. The maximum atomic E-state index is 13.5. The summed E-state index contributed by atoms with van der Waals surface area (Å²) in [6.45, 7) is 6.62. The van der Waals surface area contributed by atoms with Gasteiger partial charge in [0.1, 0.15) is 5.82 Å². The number of hydrogen-bond acceptors (Lipinski definition) is 2. The van der Waals surface area contributed by atoms with Gasteiger partial charge in [-0.1, -0.05) is 24.6 Å². The van der Waals surface area contributed by atoms with E-state index in [2.05, 4.69) is 31.1 Å². The molecule has 1 N–H and O–H groups in total. The number of halogens is 2. The topological polar surface area (TPSA) is 15.3 Å². The lowest BCUT2D eigenvalue weighted by atomic mass is 10.2. The van der Waals surface area contributed by atoms with E-state index in [4.69, 9.17) is 11.6 Å². The predicted octanol–water partition coefficient (Wildman–Crippen LogP) is 3.30. The molecule has 4 heteroatoms. The quantitative estimate of drug-likeness (QED) is 0.766. The smallest absolute Gasteiger partial charge is 0.129 e. The summed E-state index contributed by atoms with van der Waals surface area (Å²) in [7, 11) is 2.10. The van der Waals surface area contributed by atoms with Gasteiger partial charge in [0.25, 0.3) is 0 Å². The van der Waals surface area contributed by atoms with Crippen molar-refractivity contribution < 1.29 is 4.39 Å². The van der Waals surface area contributed by atoms with Gasteiger partial charge in [-0.05, 0) is 32.5 Å². The van der Waals surface area contributed by atoms with Gasteiger partial charge in [0.05, 0.1) is 0 Å². The van der Waals surface area contributed by atoms with Crippen LogP contribution in [0.3, 0.4) is 0 Å². The Hall–Kier alpha value is -0.640. The van der Waals surface area contributed by atoms with E-state index in [-0.39, 0.29) is 5.82 Å². The highest BCUT2D eigenvalue weighted by Gasteiger charge is 2.08. The van der Waals surface area contributed by atoms with Crippen molar-refractivity contribution in [3.63, 3.8) is 0 Å². The van der Waals surface area contributed by atoms with Gasteiger partial charge in [-0.2, -0.15) is 0 Å². The zero-order chi connectivity index (χ0) is 13.5. The Bertz CT molecular complexity index is 351. The van der Waals surface area contributed by atoms with E-state index in [1.165, 1.54) is 6.07 Å². The van der Waals surface area contributed by atoms with Gasteiger partial charge >= 0.3 is 0 Å². The van der Waals surface area contributed by atoms with Gasteiger partial charge in [-0.25, -0.2) is 4.39 Å². The molecule has 1 aromatic rings. The Morgan fingerprint density at radius 3 is 2.78 bits per heavy atom. The Morgan fingerprint density at radius 2 is 2.17 bits per heavy atom. The van der Waals surface area contributed by atoms with Crippen LogP contribution in [0, 0.1) is 5.82 Å². The summed E-state index contributed by atoms with van der Waals surface area (Å²) in [5.74, 6) is -0.245. The highest BCUT2D eigenvalue weighted by molar-refractivity contribution is 6.31. The largest absolute Gasteiger partial charge is 0.311 e. The Labute approximate surface area is 114 Å². The summed E-state index contributed by atoms with van der Waals surface area (Å²) >= 11 is 5.95. The molecule has 0 aliphatic heterocycles. The highest BCUT2D eigenvalue weighted by atomic mass is 35.5. The first kappa shape index (κ1) is 15.4. The van der Waals surface area contributed by atoms with Crippen LogP contribution in [0.25, 0.3) is 0 Å². The number of hydrogen-bond donors (Lipinski definition) is 1. The average molecular weight is 273 g/mol. The van der Waals surface area contributed by atoms with Crippen LogP contribution in [0.5, 0.6) is 0 Å². The summed E-state index contributed by atoms with van der Waals surface area (Å²) in [6.07, 6.45) is 1.13. The van der Waals surface area contributed by atoms with Crippen molar-refractivity contribution in [1.29, 1.82) is 0 Å². The maximum absolute atomic E-state index is 13.5. The number of benzene rings is 1. The van der Waals surface area contributed by atoms with Crippen LogP contribution < -0.4 is 5.32 Å². The third-order valence-electron chi connectivity index (χ3n) is 3.35. The Balaban J connectivity index is 2.34. The molecule has 2 nitrogen and oxygen atoms in total. The Morgan fingerprint density at radius 1 is 1.44 bits per heavy atom. The maximum Gasteiger partial charge on any atom is 0.129 e. The lowest BCUT2D eigenvalue weighted by Crippen LogP contribution is -2.34. The van der Waals surface area contributed by atoms with Gasteiger partial charge in [-0.3, -0.25) is 0 Å². The van der Waals surface area contributed by atoms with Crippen LogP contribution in [-0.2, 0) is 6.54 Å². The summed E-state index contributed by atoms with van der Waals surface area (Å²) in [4.78, 5) is 2.29. The molecule has 1 atom stereocenters. The van der Waals surface area contributed by atoms with Crippen LogP contribution in [0.1, 0.15) is 25.8 Å². The van der Waals surface area contributed by atoms with Crippen molar-refractivity contribution in [2.75, 3.05) is 20.1 Å². The minimum absolute atomic E-state index is 0.245. The van der Waals surface area contributed by atoms with Crippen molar-refractivity contribution in [2.45, 2.75) is 32.9 Å². The molecular formula is C14H22ClFN2. The molecule has 0 amide bonds. The van der Waals surface area contributed by atoms with E-state index >= 15 is 0 Å². The van der Waals surface area contributed by atoms with Crippen molar-refractivity contribution in [3.05, 3.63) is 34.6 Å². The van der Waals surface area contributed by atoms with Gasteiger partial charge in [-0.15, -0.1) is 0 Å². The Kier molecular flexibility index (Phi) is 6.61. The van der Waals surface area contributed by atoms with Gasteiger partial charge in [0, 0.05) is 36.3 Å². The van der Waals surface area contributed by atoms with E-state index in [1.54, 1.807) is 12.1 Å². The van der Waals surface area contributed by atoms with E-state index in [9.17, 15) is 4.39 Å². The van der Waals surface area contributed by atoms with Crippen molar-refractivity contribution >= 4 is 11.6 Å². The van der Waals surface area contributed by atoms with Crippen LogP contribution in [0.15, 0.2) is 18.2 Å². The van der Waals surface area contributed by atoms with Crippen LogP contribution in [0.2, 0.25) is 5.02 Å². The van der Waals surface area contributed by atoms with Crippen LogP contribution in [-0.4, -0.2) is 31.1 Å². The molecule has 102 valence electrons. The number of nitrogens with one attached hydrogen (secondary N) is 1. The predicted molar refractivity (Wildman–Crippen MR) is 75.5 cm³/mol. The molecule has 0 fully saturated rings. The molecule has 18 heavy (non-hydrogen) atoms. The van der Waals surface area contributed by atoms with E-state index in [0.29, 0.717) is 23.2 Å². The second-order valence-electron chi connectivity index (χ2n) is 4.61. The van der Waals surface area contributed by atoms with E-state index in [1.807, 2.05) is 0 Å². The molecule has 0 aromatic heterocycles. The second kappa shape index (κ2) is 7.72. The van der Waals surface area contributed by atoms with Crippen molar-refractivity contribution in [1.82, 2.24) is 10.2 Å². The van der Waals surface area contributed by atoms with Gasteiger partial charge in [0.15, 0.2) is 0 Å². The molecule has 1 unspecified atom stereocenters. The number of rotatable bonds is 7. The third-order valence-corrected chi connectivity index (χ3v) is 3.70.